The third kappa shape index (κ3) is 9.30. The monoisotopic (exact) mass is 448 g/mol. The molecule has 2 aliphatic rings. The summed E-state index contributed by atoms with van der Waals surface area (Å²) < 4.78 is 13.2. The summed E-state index contributed by atoms with van der Waals surface area (Å²) in [5.41, 5.74) is 0.630. The molecule has 0 unspecified atom stereocenters. The first-order valence-corrected chi connectivity index (χ1v) is 11.6. The third-order valence-corrected chi connectivity index (χ3v) is 5.84. The van der Waals surface area contributed by atoms with E-state index in [2.05, 4.69) is 25.1 Å². The van der Waals surface area contributed by atoms with Gasteiger partial charge in [0.25, 0.3) is 5.91 Å². The maximum absolute atomic E-state index is 13.2. The molecule has 1 heterocycles. The summed E-state index contributed by atoms with van der Waals surface area (Å²) in [6.45, 7) is 9.23. The Morgan fingerprint density at radius 1 is 1.25 bits per heavy atom. The number of rotatable bonds is 5. The van der Waals surface area contributed by atoms with Crippen molar-refractivity contribution >= 4 is 11.8 Å². The number of carbonyl (C=O) groups excluding carboxylic acids is 2. The highest BCUT2D eigenvalue weighted by Crippen LogP contribution is 2.32. The Morgan fingerprint density at radius 2 is 1.84 bits per heavy atom. The first-order valence-electron chi connectivity index (χ1n) is 11.6. The van der Waals surface area contributed by atoms with Gasteiger partial charge in [-0.3, -0.25) is 9.59 Å². The molecule has 0 saturated heterocycles. The molecular weight excluding hydrogens is 407 g/mol. The lowest BCUT2D eigenvalue weighted by Gasteiger charge is -2.27. The second kappa shape index (κ2) is 16.1. The van der Waals surface area contributed by atoms with Gasteiger partial charge in [-0.05, 0) is 36.3 Å². The lowest BCUT2D eigenvalue weighted by atomic mass is 9.79. The largest absolute Gasteiger partial charge is 0.505 e. The van der Waals surface area contributed by atoms with E-state index in [1.807, 2.05) is 13.8 Å². The van der Waals surface area contributed by atoms with E-state index in [0.717, 1.165) is 24.8 Å². The molecule has 6 heteroatoms. The fourth-order valence-corrected chi connectivity index (χ4v) is 4.11. The molecular formula is C26H41FN2O3. The quantitative estimate of drug-likeness (QED) is 0.461. The Labute approximate surface area is 193 Å². The number of benzene rings is 1. The van der Waals surface area contributed by atoms with Crippen molar-refractivity contribution in [2.24, 2.45) is 11.8 Å². The Hall–Kier alpha value is -2.55. The number of phenols is 1. The highest BCUT2D eigenvalue weighted by atomic mass is 19.1. The van der Waals surface area contributed by atoms with Crippen molar-refractivity contribution < 1.29 is 19.1 Å². The minimum atomic E-state index is -0.813. The maximum Gasteiger partial charge on any atom is 0.257 e. The first-order chi connectivity index (χ1) is 15.3. The van der Waals surface area contributed by atoms with Gasteiger partial charge in [0.05, 0.1) is 5.56 Å². The molecule has 1 saturated carbocycles. The fourth-order valence-electron chi connectivity index (χ4n) is 4.11. The zero-order valence-electron chi connectivity index (χ0n) is 20.4. The van der Waals surface area contributed by atoms with Gasteiger partial charge in [0, 0.05) is 27.1 Å². The van der Waals surface area contributed by atoms with E-state index in [1.54, 1.807) is 20.0 Å². The van der Waals surface area contributed by atoms with Crippen molar-refractivity contribution in [1.82, 2.24) is 10.2 Å². The number of aromatic hydroxyl groups is 1. The number of carbonyl (C=O) groups is 2. The summed E-state index contributed by atoms with van der Waals surface area (Å²) in [7, 11) is 1.60. The molecule has 0 spiro atoms. The summed E-state index contributed by atoms with van der Waals surface area (Å²) in [6.07, 6.45) is 17.6. The van der Waals surface area contributed by atoms with Crippen LogP contribution >= 0.6 is 0 Å². The molecule has 0 bridgehead atoms. The Balaban J connectivity index is 0.000000523. The molecule has 1 aromatic rings. The third-order valence-electron chi connectivity index (χ3n) is 5.84. The van der Waals surface area contributed by atoms with Crippen molar-refractivity contribution in [2.45, 2.75) is 79.2 Å². The predicted molar refractivity (Wildman–Crippen MR) is 129 cm³/mol. The number of hydrogen-bond acceptors (Lipinski definition) is 3. The van der Waals surface area contributed by atoms with Crippen LogP contribution in [0.3, 0.4) is 0 Å². The fraction of sp³-hybridized carbons (Fsp3) is 0.615. The molecule has 32 heavy (non-hydrogen) atoms. The average Bonchev–Trinajstić information content (AvgIpc) is 3.11. The highest BCUT2D eigenvalue weighted by Gasteiger charge is 2.29. The first kappa shape index (κ1) is 29.5. The molecule has 1 fully saturated rings. The number of halogens is 1. The smallest absolute Gasteiger partial charge is 0.257 e. The van der Waals surface area contributed by atoms with Crippen molar-refractivity contribution in [3.05, 3.63) is 29.1 Å². The minimum absolute atomic E-state index is 0.00231. The standard InChI is InChI=1S/C13H25NO.C9H8FNO2.C2H6.C2H2/c1-11(7-6-10-14-12(2)15)13-8-4-3-5-9-13;1-11-4-5-2-3-6(12)8(10)7(5)9(11)13;2*1-2/h11,13H,3-10H2,1-2H3,(H,14,15);2-3,12H,4H2,1H3;1-2H3;1-2H/t11-;;;/m1.../s1. The zero-order chi connectivity index (χ0) is 24.7. The summed E-state index contributed by atoms with van der Waals surface area (Å²) >= 11 is 0. The molecule has 1 aromatic carbocycles. The summed E-state index contributed by atoms with van der Waals surface area (Å²) in [5.74, 6) is 0.244. The van der Waals surface area contributed by atoms with Gasteiger partial charge in [-0.15, -0.1) is 12.8 Å². The number of nitrogens with zero attached hydrogens (tertiary/aromatic N) is 1. The Morgan fingerprint density at radius 3 is 2.41 bits per heavy atom. The van der Waals surface area contributed by atoms with E-state index in [1.165, 1.54) is 49.5 Å². The SMILES string of the molecule is C#C.CC.CC(=O)NCCC[C@@H](C)C1CCCCC1.CN1Cc2ccc(O)c(F)c2C1=O. The van der Waals surface area contributed by atoms with E-state index in [-0.39, 0.29) is 17.4 Å². The second-order valence-electron chi connectivity index (χ2n) is 8.09. The van der Waals surface area contributed by atoms with E-state index in [9.17, 15) is 14.0 Å². The van der Waals surface area contributed by atoms with E-state index < -0.39 is 11.6 Å². The van der Waals surface area contributed by atoms with Crippen LogP contribution in [0, 0.1) is 30.5 Å². The normalized spacial score (nSPS) is 15.6. The van der Waals surface area contributed by atoms with Crippen molar-refractivity contribution in [3.63, 3.8) is 0 Å². The average molecular weight is 449 g/mol. The van der Waals surface area contributed by atoms with Crippen LogP contribution in [0.25, 0.3) is 0 Å². The van der Waals surface area contributed by atoms with Crippen LogP contribution in [0.4, 0.5) is 4.39 Å². The van der Waals surface area contributed by atoms with Gasteiger partial charge in [-0.1, -0.05) is 58.9 Å². The van der Waals surface area contributed by atoms with E-state index >= 15 is 0 Å². The Kier molecular flexibility index (Phi) is 14.8. The summed E-state index contributed by atoms with van der Waals surface area (Å²) in [6, 6.07) is 2.83. The van der Waals surface area contributed by atoms with Crippen LogP contribution in [0.15, 0.2) is 12.1 Å². The van der Waals surface area contributed by atoms with Crippen LogP contribution in [0.1, 0.15) is 88.6 Å². The van der Waals surface area contributed by atoms with Gasteiger partial charge in [-0.2, -0.15) is 0 Å². The molecule has 2 N–H and O–H groups in total. The zero-order valence-corrected chi connectivity index (χ0v) is 20.4. The molecule has 5 nitrogen and oxygen atoms in total. The minimum Gasteiger partial charge on any atom is -0.505 e. The summed E-state index contributed by atoms with van der Waals surface area (Å²) in [4.78, 5) is 23.4. The molecule has 0 aromatic heterocycles. The van der Waals surface area contributed by atoms with Gasteiger partial charge < -0.3 is 15.3 Å². The summed E-state index contributed by atoms with van der Waals surface area (Å²) in [5, 5.41) is 11.9. The molecule has 2 amide bonds. The van der Waals surface area contributed by atoms with Crippen LogP contribution in [-0.2, 0) is 11.3 Å². The molecule has 180 valence electrons. The second-order valence-corrected chi connectivity index (χ2v) is 8.09. The number of hydrogen-bond donors (Lipinski definition) is 2. The number of fused-ring (bicyclic) bond motifs is 1. The lowest BCUT2D eigenvalue weighted by Crippen LogP contribution is -2.22. The Bertz CT molecular complexity index is 727. The topological polar surface area (TPSA) is 69.6 Å². The molecule has 1 atom stereocenters. The van der Waals surface area contributed by atoms with Crippen molar-refractivity contribution in [2.75, 3.05) is 13.6 Å². The predicted octanol–water partition coefficient (Wildman–Crippen LogP) is 5.51. The van der Waals surface area contributed by atoms with Crippen LogP contribution in [0.2, 0.25) is 0 Å². The van der Waals surface area contributed by atoms with Crippen molar-refractivity contribution in [1.29, 1.82) is 0 Å². The molecule has 3 rings (SSSR count). The highest BCUT2D eigenvalue weighted by molar-refractivity contribution is 5.98. The van der Waals surface area contributed by atoms with Gasteiger partial charge in [0.2, 0.25) is 5.91 Å². The van der Waals surface area contributed by atoms with Gasteiger partial charge >= 0.3 is 0 Å². The van der Waals surface area contributed by atoms with Gasteiger partial charge in [0.1, 0.15) is 0 Å². The van der Waals surface area contributed by atoms with Crippen LogP contribution in [0.5, 0.6) is 5.75 Å². The van der Waals surface area contributed by atoms with Gasteiger partial charge in [-0.25, -0.2) is 4.39 Å². The molecule has 1 aliphatic carbocycles. The number of phenolic OH excluding ortho intramolecular Hbond substituents is 1. The molecule has 1 aliphatic heterocycles. The van der Waals surface area contributed by atoms with Crippen molar-refractivity contribution in [3.8, 4) is 18.6 Å². The van der Waals surface area contributed by atoms with Crippen LogP contribution in [-0.4, -0.2) is 35.4 Å². The van der Waals surface area contributed by atoms with Crippen LogP contribution < -0.4 is 5.32 Å². The van der Waals surface area contributed by atoms with Gasteiger partial charge in [0.15, 0.2) is 11.6 Å². The number of amides is 2. The lowest BCUT2D eigenvalue weighted by molar-refractivity contribution is -0.118. The number of nitrogens with one attached hydrogen (secondary N) is 1. The number of terminal acetylenes is 1. The maximum atomic E-state index is 13.2. The molecule has 0 radical (unpaired) electrons. The van der Waals surface area contributed by atoms with E-state index in [4.69, 9.17) is 5.11 Å². The van der Waals surface area contributed by atoms with E-state index in [0.29, 0.717) is 12.1 Å².